The summed E-state index contributed by atoms with van der Waals surface area (Å²) < 4.78 is 0. The van der Waals surface area contributed by atoms with Crippen molar-refractivity contribution in [2.24, 2.45) is 22.0 Å². The normalized spacial score (nSPS) is 15.9. The van der Waals surface area contributed by atoms with Gasteiger partial charge in [0.05, 0.1) is 12.1 Å². The molecule has 4 aromatic carbocycles. The van der Waals surface area contributed by atoms with Crippen molar-refractivity contribution in [3.8, 4) is 0 Å². The van der Waals surface area contributed by atoms with E-state index in [9.17, 15) is 15.0 Å². The highest BCUT2D eigenvalue weighted by molar-refractivity contribution is 6.07. The van der Waals surface area contributed by atoms with E-state index in [0.29, 0.717) is 35.1 Å². The minimum Gasteiger partial charge on any atom is -0.378 e. The van der Waals surface area contributed by atoms with Crippen LogP contribution in [0.1, 0.15) is 98.9 Å². The fourth-order valence-electron chi connectivity index (χ4n) is 8.01. The molecule has 2 unspecified atom stereocenters. The van der Waals surface area contributed by atoms with Gasteiger partial charge >= 0.3 is 0 Å². The van der Waals surface area contributed by atoms with Crippen LogP contribution >= 0.6 is 0 Å². The van der Waals surface area contributed by atoms with Crippen molar-refractivity contribution in [3.63, 3.8) is 0 Å². The lowest BCUT2D eigenvalue weighted by Crippen LogP contribution is -2.70. The second kappa shape index (κ2) is 13.4. The van der Waals surface area contributed by atoms with E-state index >= 15 is 4.79 Å². The van der Waals surface area contributed by atoms with Crippen molar-refractivity contribution in [2.45, 2.75) is 105 Å². The Hall–Kier alpha value is -4.26. The molecule has 0 radical (unpaired) electrons. The van der Waals surface area contributed by atoms with Crippen LogP contribution in [0.25, 0.3) is 0 Å². The van der Waals surface area contributed by atoms with Gasteiger partial charge in [-0.3, -0.25) is 9.59 Å². The predicted molar refractivity (Wildman–Crippen MR) is 205 cm³/mol. The summed E-state index contributed by atoms with van der Waals surface area (Å²) in [5.41, 5.74) is 5.90. The smallest absolute Gasteiger partial charge is 0.239 e. The van der Waals surface area contributed by atoms with Gasteiger partial charge in [-0.1, -0.05) is 161 Å². The molecule has 2 amide bonds. The molecule has 4 N–H and O–H groups in total. The highest BCUT2D eigenvalue weighted by Crippen LogP contribution is 2.55. The second-order valence-corrected chi connectivity index (χ2v) is 17.2. The molecule has 0 bridgehead atoms. The molecule has 0 aromatic heterocycles. The third-order valence-corrected chi connectivity index (χ3v) is 10.8. The van der Waals surface area contributed by atoms with E-state index in [1.54, 1.807) is 4.90 Å². The molecule has 0 spiro atoms. The van der Waals surface area contributed by atoms with Gasteiger partial charge in [0.2, 0.25) is 11.8 Å². The molecule has 0 heterocycles. The summed E-state index contributed by atoms with van der Waals surface area (Å²) in [6.45, 7) is 20.0. The lowest BCUT2D eigenvalue weighted by atomic mass is 9.63. The fraction of sp³-hybridized carbons (Fsp3) is 0.422. The number of carbonyl (C=O) groups is 2. The third kappa shape index (κ3) is 6.88. The Bertz CT molecular complexity index is 1650. The van der Waals surface area contributed by atoms with Crippen LogP contribution < -0.4 is 5.73 Å². The number of nitrogens with two attached hydrogens (primary N) is 1. The number of hydrogen-bond acceptors (Lipinski definition) is 4. The van der Waals surface area contributed by atoms with Gasteiger partial charge in [0.15, 0.2) is 0 Å². The Morgan fingerprint density at radius 1 is 0.549 bits per heavy atom. The van der Waals surface area contributed by atoms with Crippen LogP contribution in [0.15, 0.2) is 97.1 Å². The maximum Gasteiger partial charge on any atom is 0.239 e. The largest absolute Gasteiger partial charge is 0.378 e. The number of aryl methyl sites for hydroxylation is 4. The van der Waals surface area contributed by atoms with E-state index < -0.39 is 51.3 Å². The number of hydrogen-bond donors (Lipinski definition) is 3. The van der Waals surface area contributed by atoms with Crippen molar-refractivity contribution < 1.29 is 19.8 Å². The summed E-state index contributed by atoms with van der Waals surface area (Å²) >= 11 is 0. The summed E-state index contributed by atoms with van der Waals surface area (Å²) in [7, 11) is 0. The third-order valence-electron chi connectivity index (χ3n) is 10.8. The molecular weight excluding hydrogens is 633 g/mol. The molecular formula is C45H56N2O4. The lowest BCUT2D eigenvalue weighted by Gasteiger charge is -2.58. The Labute approximate surface area is 304 Å². The minimum atomic E-state index is -1.80. The van der Waals surface area contributed by atoms with Gasteiger partial charge in [-0.05, 0) is 73.6 Å². The molecule has 5 rings (SSSR count). The molecule has 1 fully saturated rings. The second-order valence-electron chi connectivity index (χ2n) is 17.2. The van der Waals surface area contributed by atoms with Crippen LogP contribution in [0.2, 0.25) is 0 Å². The van der Waals surface area contributed by atoms with Crippen LogP contribution in [0.4, 0.5) is 0 Å². The van der Waals surface area contributed by atoms with Gasteiger partial charge < -0.3 is 20.8 Å². The van der Waals surface area contributed by atoms with Gasteiger partial charge in [0.25, 0.3) is 0 Å². The van der Waals surface area contributed by atoms with Crippen molar-refractivity contribution in [1.82, 2.24) is 4.90 Å². The Kier molecular flexibility index (Phi) is 9.96. The molecule has 2 atom stereocenters. The number of rotatable bonds is 10. The molecule has 1 aliphatic carbocycles. The van der Waals surface area contributed by atoms with E-state index in [1.807, 2.05) is 166 Å². The first-order valence-electron chi connectivity index (χ1n) is 18.0. The predicted octanol–water partition coefficient (Wildman–Crippen LogP) is 8.02. The zero-order valence-corrected chi connectivity index (χ0v) is 32.0. The lowest BCUT2D eigenvalue weighted by molar-refractivity contribution is -0.180. The highest BCUT2D eigenvalue weighted by Gasteiger charge is 2.65. The van der Waals surface area contributed by atoms with Crippen LogP contribution in [-0.2, 0) is 20.8 Å². The topological polar surface area (TPSA) is 104 Å². The van der Waals surface area contributed by atoms with E-state index in [-0.39, 0.29) is 0 Å². The SMILES string of the molecule is Cc1ccc(C(O)(c2ccc(C)cc2)C(N(C(=O)C2(C(N)=O)CC2)C(C(C)(C)C)C(O)(c2ccc(C)cc2)c2ccc(C)cc2)C(C)(C)C)cc1. The zero-order valence-electron chi connectivity index (χ0n) is 32.0. The van der Waals surface area contributed by atoms with E-state index in [1.165, 1.54) is 0 Å². The highest BCUT2D eigenvalue weighted by atomic mass is 16.3. The molecule has 51 heavy (non-hydrogen) atoms. The summed E-state index contributed by atoms with van der Waals surface area (Å²) in [6.07, 6.45) is 0.596. The minimum absolute atomic E-state index is 0.298. The number of carbonyl (C=O) groups excluding carboxylic acids is 2. The van der Waals surface area contributed by atoms with Crippen LogP contribution in [0.5, 0.6) is 0 Å². The van der Waals surface area contributed by atoms with Gasteiger partial charge in [0, 0.05) is 0 Å². The van der Waals surface area contributed by atoms with Crippen molar-refractivity contribution in [3.05, 3.63) is 142 Å². The Morgan fingerprint density at radius 3 is 0.961 bits per heavy atom. The molecule has 1 saturated carbocycles. The van der Waals surface area contributed by atoms with Crippen molar-refractivity contribution in [2.75, 3.05) is 0 Å². The Morgan fingerprint density at radius 2 is 0.784 bits per heavy atom. The first kappa shape index (κ1) is 38.0. The van der Waals surface area contributed by atoms with Gasteiger partial charge in [0.1, 0.15) is 16.6 Å². The van der Waals surface area contributed by atoms with Crippen molar-refractivity contribution in [1.29, 1.82) is 0 Å². The standard InChI is InChI=1S/C45H56N2O4/c1-29-11-19-33(20-12-29)44(50,34-21-13-30(2)14-22-34)37(41(5,6)7)47(40(49)43(27-28-43)39(46)48)38(42(8,9)10)45(51,35-23-15-31(3)16-24-35)36-25-17-32(4)18-26-36/h11-26,37-38,50-51H,27-28H2,1-10H3,(H2,46,48). The number of amides is 2. The number of primary amides is 1. The molecule has 270 valence electrons. The maximum absolute atomic E-state index is 15.7. The average molecular weight is 689 g/mol. The van der Waals surface area contributed by atoms with Crippen molar-refractivity contribution >= 4 is 11.8 Å². The molecule has 1 aliphatic rings. The van der Waals surface area contributed by atoms with E-state index in [2.05, 4.69) is 0 Å². The molecule has 0 saturated heterocycles. The van der Waals surface area contributed by atoms with Crippen LogP contribution in [0, 0.1) is 43.9 Å². The summed E-state index contributed by atoms with van der Waals surface area (Å²) in [5.74, 6) is -1.17. The monoisotopic (exact) mass is 688 g/mol. The number of nitrogens with zero attached hydrogens (tertiary/aromatic N) is 1. The van der Waals surface area contributed by atoms with Crippen LogP contribution in [-0.4, -0.2) is 39.0 Å². The average Bonchev–Trinajstić information content (AvgIpc) is 3.86. The summed E-state index contributed by atoms with van der Waals surface area (Å²) in [5, 5.41) is 27.6. The number of benzene rings is 4. The van der Waals surface area contributed by atoms with Crippen LogP contribution in [0.3, 0.4) is 0 Å². The maximum atomic E-state index is 15.7. The quantitative estimate of drug-likeness (QED) is 0.147. The Balaban J connectivity index is 1.96. The zero-order chi connectivity index (χ0) is 37.7. The first-order valence-corrected chi connectivity index (χ1v) is 18.0. The molecule has 6 heteroatoms. The number of aliphatic hydroxyl groups is 2. The van der Waals surface area contributed by atoms with Gasteiger partial charge in [-0.25, -0.2) is 0 Å². The van der Waals surface area contributed by atoms with Gasteiger partial charge in [-0.2, -0.15) is 0 Å². The molecule has 4 aromatic rings. The van der Waals surface area contributed by atoms with E-state index in [0.717, 1.165) is 22.3 Å². The van der Waals surface area contributed by atoms with E-state index in [4.69, 9.17) is 5.73 Å². The summed E-state index contributed by atoms with van der Waals surface area (Å²) in [4.78, 5) is 30.7. The molecule has 6 nitrogen and oxygen atoms in total. The summed E-state index contributed by atoms with van der Waals surface area (Å²) in [6, 6.07) is 29.0. The fourth-order valence-corrected chi connectivity index (χ4v) is 8.01. The first-order chi connectivity index (χ1) is 23.7. The molecule has 0 aliphatic heterocycles. The van der Waals surface area contributed by atoms with Gasteiger partial charge in [-0.15, -0.1) is 0 Å².